The number of pyridine rings is 1. The molecule has 0 atom stereocenters. The number of halogens is 4. The van der Waals surface area contributed by atoms with Crippen LogP contribution in [0.4, 0.5) is 17.6 Å². The van der Waals surface area contributed by atoms with Crippen molar-refractivity contribution in [1.82, 2.24) is 9.97 Å². The summed E-state index contributed by atoms with van der Waals surface area (Å²) in [4.78, 5) is 7.09. The van der Waals surface area contributed by atoms with E-state index in [1.807, 2.05) is 6.92 Å². The highest BCUT2D eigenvalue weighted by Gasteiger charge is 2.33. The summed E-state index contributed by atoms with van der Waals surface area (Å²) in [5, 5.41) is 1.01. The van der Waals surface area contributed by atoms with Crippen molar-refractivity contribution in [2.45, 2.75) is 13.1 Å². The highest BCUT2D eigenvalue weighted by molar-refractivity contribution is 6.06. The Kier molecular flexibility index (Phi) is 3.32. The third-order valence-electron chi connectivity index (χ3n) is 4.29. The van der Waals surface area contributed by atoms with Crippen molar-refractivity contribution in [1.29, 1.82) is 0 Å². The van der Waals surface area contributed by atoms with Crippen molar-refractivity contribution < 1.29 is 17.6 Å². The number of aromatic amines is 1. The van der Waals surface area contributed by atoms with Crippen LogP contribution in [0.1, 0.15) is 11.3 Å². The summed E-state index contributed by atoms with van der Waals surface area (Å²) in [6.07, 6.45) is -3.14. The van der Waals surface area contributed by atoms with Gasteiger partial charge in [0.2, 0.25) is 0 Å². The monoisotopic (exact) mass is 344 g/mol. The molecule has 25 heavy (non-hydrogen) atoms. The van der Waals surface area contributed by atoms with Crippen molar-refractivity contribution in [3.05, 3.63) is 65.7 Å². The molecule has 0 saturated carbocycles. The van der Waals surface area contributed by atoms with Crippen LogP contribution in [0.2, 0.25) is 0 Å². The van der Waals surface area contributed by atoms with Gasteiger partial charge in [-0.15, -0.1) is 0 Å². The first-order chi connectivity index (χ1) is 11.9. The van der Waals surface area contributed by atoms with Gasteiger partial charge in [0.05, 0.1) is 11.1 Å². The normalized spacial score (nSPS) is 12.2. The van der Waals surface area contributed by atoms with Crippen molar-refractivity contribution in [2.24, 2.45) is 0 Å². The third kappa shape index (κ3) is 2.45. The van der Waals surface area contributed by atoms with Crippen molar-refractivity contribution in [2.75, 3.05) is 0 Å². The number of hydrogen-bond acceptors (Lipinski definition) is 1. The van der Waals surface area contributed by atoms with Crippen LogP contribution in [0.15, 0.2) is 48.7 Å². The Bertz CT molecular complexity index is 1110. The maximum absolute atomic E-state index is 13.7. The van der Waals surface area contributed by atoms with Gasteiger partial charge in [-0.25, -0.2) is 4.39 Å². The Hall–Kier alpha value is -2.89. The van der Waals surface area contributed by atoms with E-state index < -0.39 is 17.6 Å². The second-order valence-electron chi connectivity index (χ2n) is 5.87. The number of alkyl halides is 3. The molecule has 0 radical (unpaired) electrons. The molecule has 0 aliphatic rings. The quantitative estimate of drug-likeness (QED) is 0.431. The number of aryl methyl sites for hydroxylation is 1. The second-order valence-corrected chi connectivity index (χ2v) is 5.87. The number of aromatic nitrogens is 2. The predicted molar refractivity (Wildman–Crippen MR) is 88.7 cm³/mol. The molecule has 0 aliphatic carbocycles. The summed E-state index contributed by atoms with van der Waals surface area (Å²) in [6.45, 7) is 1.81. The number of nitrogens with zero attached hydrogens (tertiary/aromatic N) is 1. The molecule has 0 spiro atoms. The lowest BCUT2D eigenvalue weighted by molar-refractivity contribution is -0.136. The van der Waals surface area contributed by atoms with Crippen LogP contribution in [0, 0.1) is 12.7 Å². The lowest BCUT2D eigenvalue weighted by atomic mass is 9.97. The smallest absolute Gasteiger partial charge is 0.358 e. The van der Waals surface area contributed by atoms with E-state index in [0.717, 1.165) is 17.3 Å². The molecule has 6 heteroatoms. The van der Waals surface area contributed by atoms with Gasteiger partial charge in [-0.2, -0.15) is 13.2 Å². The average molecular weight is 344 g/mol. The Morgan fingerprint density at radius 2 is 1.80 bits per heavy atom. The van der Waals surface area contributed by atoms with E-state index in [4.69, 9.17) is 0 Å². The SMILES string of the molecule is Cc1[nH]c2ccc(F)cc2c1-c1ccnc2c(C(F)(F)F)cccc12. The minimum absolute atomic E-state index is 0.113. The predicted octanol–water partition coefficient (Wildman–Crippen LogP) is 5.85. The number of rotatable bonds is 1. The van der Waals surface area contributed by atoms with Gasteiger partial charge in [-0.05, 0) is 42.8 Å². The van der Waals surface area contributed by atoms with E-state index >= 15 is 0 Å². The van der Waals surface area contributed by atoms with Crippen LogP contribution in [0.25, 0.3) is 32.9 Å². The van der Waals surface area contributed by atoms with Gasteiger partial charge in [-0.1, -0.05) is 12.1 Å². The molecule has 4 aromatic rings. The van der Waals surface area contributed by atoms with Crippen LogP contribution in [0.3, 0.4) is 0 Å². The molecule has 2 aromatic heterocycles. The standard InChI is InChI=1S/C19H12F4N2/c1-10-17(14-9-11(20)5-6-16(14)25-10)12-7-8-24-18-13(12)3-2-4-15(18)19(21,22)23/h2-9,25H,1H3. The topological polar surface area (TPSA) is 28.7 Å². The Morgan fingerprint density at radius 1 is 1.00 bits per heavy atom. The highest BCUT2D eigenvalue weighted by atomic mass is 19.4. The molecule has 2 nitrogen and oxygen atoms in total. The fourth-order valence-electron chi connectivity index (χ4n) is 3.27. The molecule has 126 valence electrons. The minimum atomic E-state index is -4.49. The van der Waals surface area contributed by atoms with Gasteiger partial charge >= 0.3 is 6.18 Å². The van der Waals surface area contributed by atoms with E-state index in [1.165, 1.54) is 24.4 Å². The first-order valence-electron chi connectivity index (χ1n) is 7.59. The molecule has 0 aliphatic heterocycles. The van der Waals surface area contributed by atoms with Gasteiger partial charge in [-0.3, -0.25) is 4.98 Å². The van der Waals surface area contributed by atoms with E-state index in [2.05, 4.69) is 9.97 Å². The molecule has 4 rings (SSSR count). The molecule has 0 bridgehead atoms. The minimum Gasteiger partial charge on any atom is -0.358 e. The number of benzene rings is 2. The van der Waals surface area contributed by atoms with Crippen molar-refractivity contribution in [3.63, 3.8) is 0 Å². The van der Waals surface area contributed by atoms with Crippen LogP contribution in [-0.2, 0) is 6.18 Å². The molecule has 0 unspecified atom stereocenters. The summed E-state index contributed by atoms with van der Waals surface area (Å²) >= 11 is 0. The van der Waals surface area contributed by atoms with Gasteiger partial charge < -0.3 is 4.98 Å². The van der Waals surface area contributed by atoms with Gasteiger partial charge in [0.1, 0.15) is 5.82 Å². The van der Waals surface area contributed by atoms with Crippen molar-refractivity contribution >= 4 is 21.8 Å². The van der Waals surface area contributed by atoms with Crippen LogP contribution in [0.5, 0.6) is 0 Å². The maximum Gasteiger partial charge on any atom is 0.418 e. The number of para-hydroxylation sites is 1. The molecular formula is C19H12F4N2. The van der Waals surface area contributed by atoms with Gasteiger partial charge in [0.25, 0.3) is 0 Å². The second kappa shape index (κ2) is 5.31. The molecular weight excluding hydrogens is 332 g/mol. The molecule has 0 amide bonds. The number of nitrogens with one attached hydrogen (secondary N) is 1. The average Bonchev–Trinajstić information content (AvgIpc) is 2.88. The Labute approximate surface area is 140 Å². The zero-order valence-corrected chi connectivity index (χ0v) is 13.1. The zero-order chi connectivity index (χ0) is 17.8. The molecule has 0 saturated heterocycles. The largest absolute Gasteiger partial charge is 0.418 e. The highest BCUT2D eigenvalue weighted by Crippen LogP contribution is 2.40. The zero-order valence-electron chi connectivity index (χ0n) is 13.1. The molecule has 2 heterocycles. The lowest BCUT2D eigenvalue weighted by Crippen LogP contribution is -2.06. The molecule has 2 aromatic carbocycles. The first kappa shape index (κ1) is 15.6. The number of hydrogen-bond donors (Lipinski definition) is 1. The van der Waals surface area contributed by atoms with E-state index in [0.29, 0.717) is 21.9 Å². The number of H-pyrrole nitrogens is 1. The Morgan fingerprint density at radius 3 is 2.56 bits per heavy atom. The van der Waals surface area contributed by atoms with E-state index in [1.54, 1.807) is 18.2 Å². The fourth-order valence-corrected chi connectivity index (χ4v) is 3.27. The Balaban J connectivity index is 2.10. The fraction of sp³-hybridized carbons (Fsp3) is 0.105. The lowest BCUT2D eigenvalue weighted by Gasteiger charge is -2.12. The van der Waals surface area contributed by atoms with Crippen molar-refractivity contribution in [3.8, 4) is 11.1 Å². The van der Waals surface area contributed by atoms with Gasteiger partial charge in [0.15, 0.2) is 0 Å². The van der Waals surface area contributed by atoms with Crippen LogP contribution >= 0.6 is 0 Å². The summed E-state index contributed by atoms with van der Waals surface area (Å²) in [7, 11) is 0. The van der Waals surface area contributed by atoms with Crippen LogP contribution < -0.4 is 0 Å². The molecule has 1 N–H and O–H groups in total. The van der Waals surface area contributed by atoms with Crippen LogP contribution in [-0.4, -0.2) is 9.97 Å². The summed E-state index contributed by atoms with van der Waals surface area (Å²) in [5.41, 5.74) is 1.86. The summed E-state index contributed by atoms with van der Waals surface area (Å²) in [6, 6.07) is 9.98. The van der Waals surface area contributed by atoms with E-state index in [9.17, 15) is 17.6 Å². The van der Waals surface area contributed by atoms with E-state index in [-0.39, 0.29) is 5.52 Å². The summed E-state index contributed by atoms with van der Waals surface area (Å²) < 4.78 is 53.5. The summed E-state index contributed by atoms with van der Waals surface area (Å²) in [5.74, 6) is -0.401. The maximum atomic E-state index is 13.7. The van der Waals surface area contributed by atoms with Gasteiger partial charge in [0, 0.05) is 33.7 Å². The number of fused-ring (bicyclic) bond motifs is 2. The molecule has 0 fully saturated rings. The first-order valence-corrected chi connectivity index (χ1v) is 7.59. The third-order valence-corrected chi connectivity index (χ3v) is 4.29.